The largest absolute Gasteiger partial charge is 0.301 e. The normalized spacial score (nSPS) is 12.3. The Balaban J connectivity index is 2.44. The Kier molecular flexibility index (Phi) is 5.90. The summed E-state index contributed by atoms with van der Waals surface area (Å²) < 4.78 is 37.3. The summed E-state index contributed by atoms with van der Waals surface area (Å²) in [4.78, 5) is 2.01. The van der Waals surface area contributed by atoms with Gasteiger partial charge in [0.25, 0.3) is 0 Å². The van der Waals surface area contributed by atoms with E-state index in [-0.39, 0.29) is 11.6 Å². The van der Waals surface area contributed by atoms with E-state index < -0.39 is 10.0 Å². The van der Waals surface area contributed by atoms with Crippen LogP contribution in [0.15, 0.2) is 24.3 Å². The summed E-state index contributed by atoms with van der Waals surface area (Å²) in [5.41, 5.74) is 1.00. The van der Waals surface area contributed by atoms with Gasteiger partial charge < -0.3 is 4.90 Å². The van der Waals surface area contributed by atoms with E-state index in [9.17, 15) is 12.8 Å². The summed E-state index contributed by atoms with van der Waals surface area (Å²) in [6.45, 7) is 3.38. The number of hydrogen-bond acceptors (Lipinski definition) is 3. The molecule has 0 radical (unpaired) electrons. The van der Waals surface area contributed by atoms with Gasteiger partial charge in [0.1, 0.15) is 5.82 Å². The standard InChI is InChI=1S/C13H21FN2O2S/c1-4-19(17,18)16(3)10-9-15(2)11-12-5-7-13(14)8-6-12/h5-8H,4,9-11H2,1-3H3. The Bertz CT molecular complexity index is 488. The summed E-state index contributed by atoms with van der Waals surface area (Å²) in [6, 6.07) is 6.32. The van der Waals surface area contributed by atoms with Crippen molar-refractivity contribution in [2.45, 2.75) is 13.5 Å². The van der Waals surface area contributed by atoms with E-state index in [2.05, 4.69) is 0 Å². The molecule has 0 aliphatic rings. The number of sulfonamides is 1. The van der Waals surface area contributed by atoms with Crippen molar-refractivity contribution in [3.8, 4) is 0 Å². The first-order valence-corrected chi connectivity index (χ1v) is 7.83. The molecule has 0 atom stereocenters. The van der Waals surface area contributed by atoms with Gasteiger partial charge in [-0.1, -0.05) is 12.1 Å². The average Bonchev–Trinajstić information content (AvgIpc) is 2.38. The molecule has 19 heavy (non-hydrogen) atoms. The second kappa shape index (κ2) is 6.98. The molecule has 0 N–H and O–H groups in total. The van der Waals surface area contributed by atoms with E-state index >= 15 is 0 Å². The van der Waals surface area contributed by atoms with Crippen molar-refractivity contribution in [1.29, 1.82) is 0 Å². The van der Waals surface area contributed by atoms with Crippen LogP contribution >= 0.6 is 0 Å². The third kappa shape index (κ3) is 5.26. The van der Waals surface area contributed by atoms with E-state index in [1.54, 1.807) is 26.1 Å². The predicted molar refractivity (Wildman–Crippen MR) is 74.8 cm³/mol. The van der Waals surface area contributed by atoms with Gasteiger partial charge in [-0.25, -0.2) is 17.1 Å². The Morgan fingerprint density at radius 2 is 1.68 bits per heavy atom. The molecule has 4 nitrogen and oxygen atoms in total. The van der Waals surface area contributed by atoms with Crippen molar-refractivity contribution in [3.63, 3.8) is 0 Å². The molecule has 0 saturated carbocycles. The first-order valence-electron chi connectivity index (χ1n) is 6.22. The molecule has 0 aromatic heterocycles. The van der Waals surface area contributed by atoms with Gasteiger partial charge in [0, 0.05) is 26.7 Å². The van der Waals surface area contributed by atoms with Crippen molar-refractivity contribution in [3.05, 3.63) is 35.6 Å². The summed E-state index contributed by atoms with van der Waals surface area (Å²) in [7, 11) is 0.385. The van der Waals surface area contributed by atoms with Crippen LogP contribution in [-0.4, -0.2) is 50.6 Å². The molecule has 108 valence electrons. The van der Waals surface area contributed by atoms with Gasteiger partial charge in [-0.15, -0.1) is 0 Å². The lowest BCUT2D eigenvalue weighted by Crippen LogP contribution is -2.35. The molecule has 1 aromatic rings. The first kappa shape index (κ1) is 16.1. The molecule has 0 unspecified atom stereocenters. The Labute approximate surface area is 114 Å². The molecule has 0 aliphatic heterocycles. The SMILES string of the molecule is CCS(=O)(=O)N(C)CCN(C)Cc1ccc(F)cc1. The fraction of sp³-hybridized carbons (Fsp3) is 0.538. The topological polar surface area (TPSA) is 40.6 Å². The van der Waals surface area contributed by atoms with Gasteiger partial charge in [-0.3, -0.25) is 0 Å². The highest BCUT2D eigenvalue weighted by Crippen LogP contribution is 2.06. The van der Waals surface area contributed by atoms with Crippen molar-refractivity contribution in [1.82, 2.24) is 9.21 Å². The minimum absolute atomic E-state index is 0.116. The van der Waals surface area contributed by atoms with Gasteiger partial charge in [0.15, 0.2) is 0 Å². The zero-order chi connectivity index (χ0) is 14.5. The Morgan fingerprint density at radius 1 is 1.11 bits per heavy atom. The fourth-order valence-corrected chi connectivity index (χ4v) is 2.45. The lowest BCUT2D eigenvalue weighted by molar-refractivity contribution is 0.300. The molecular weight excluding hydrogens is 267 g/mol. The Hall–Kier alpha value is -0.980. The van der Waals surface area contributed by atoms with Gasteiger partial charge in [-0.2, -0.15) is 0 Å². The van der Waals surface area contributed by atoms with Crippen molar-refractivity contribution in [2.75, 3.05) is 32.9 Å². The van der Waals surface area contributed by atoms with Crippen LogP contribution in [0, 0.1) is 5.82 Å². The number of halogens is 1. The summed E-state index contributed by atoms with van der Waals surface area (Å²) in [5.74, 6) is -0.134. The van der Waals surface area contributed by atoms with E-state index in [1.165, 1.54) is 16.4 Å². The monoisotopic (exact) mass is 288 g/mol. The first-order chi connectivity index (χ1) is 8.85. The second-order valence-electron chi connectivity index (χ2n) is 4.59. The van der Waals surface area contributed by atoms with Crippen molar-refractivity contribution >= 4 is 10.0 Å². The summed E-state index contributed by atoms with van der Waals surface area (Å²) in [6.07, 6.45) is 0. The molecule has 0 aliphatic carbocycles. The van der Waals surface area contributed by atoms with Crippen molar-refractivity contribution in [2.24, 2.45) is 0 Å². The third-order valence-corrected chi connectivity index (χ3v) is 4.86. The molecule has 0 saturated heterocycles. The molecule has 0 fully saturated rings. The maximum atomic E-state index is 12.8. The molecule has 0 heterocycles. The summed E-state index contributed by atoms with van der Waals surface area (Å²) >= 11 is 0. The van der Waals surface area contributed by atoms with E-state index in [0.717, 1.165) is 5.56 Å². The van der Waals surface area contributed by atoms with Gasteiger partial charge in [0.05, 0.1) is 5.75 Å². The summed E-state index contributed by atoms with van der Waals surface area (Å²) in [5, 5.41) is 0. The minimum atomic E-state index is -3.12. The highest BCUT2D eigenvalue weighted by Gasteiger charge is 2.15. The van der Waals surface area contributed by atoms with Crippen LogP contribution in [0.4, 0.5) is 4.39 Å². The van der Waals surface area contributed by atoms with Crippen LogP contribution in [0.25, 0.3) is 0 Å². The average molecular weight is 288 g/mol. The smallest absolute Gasteiger partial charge is 0.213 e. The lowest BCUT2D eigenvalue weighted by atomic mass is 10.2. The fourth-order valence-electron chi connectivity index (χ4n) is 1.65. The molecule has 6 heteroatoms. The lowest BCUT2D eigenvalue weighted by Gasteiger charge is -2.21. The zero-order valence-corrected chi connectivity index (χ0v) is 12.5. The highest BCUT2D eigenvalue weighted by atomic mass is 32.2. The number of nitrogens with zero attached hydrogens (tertiary/aromatic N) is 2. The van der Waals surface area contributed by atoms with Crippen LogP contribution in [0.1, 0.15) is 12.5 Å². The van der Waals surface area contributed by atoms with E-state index in [0.29, 0.717) is 19.6 Å². The number of likely N-dealkylation sites (N-methyl/N-ethyl adjacent to an activating group) is 2. The number of rotatable bonds is 7. The maximum absolute atomic E-state index is 12.8. The molecule has 0 bridgehead atoms. The van der Waals surface area contributed by atoms with Crippen LogP contribution < -0.4 is 0 Å². The molecule has 1 rings (SSSR count). The maximum Gasteiger partial charge on any atom is 0.213 e. The molecule has 1 aromatic carbocycles. The molecule has 0 amide bonds. The van der Waals surface area contributed by atoms with Crippen LogP contribution in [0.5, 0.6) is 0 Å². The van der Waals surface area contributed by atoms with Crippen molar-refractivity contribution < 1.29 is 12.8 Å². The zero-order valence-electron chi connectivity index (χ0n) is 11.6. The third-order valence-electron chi connectivity index (χ3n) is 3.00. The van der Waals surface area contributed by atoms with Gasteiger partial charge in [-0.05, 0) is 31.7 Å². The van der Waals surface area contributed by atoms with Gasteiger partial charge >= 0.3 is 0 Å². The molecule has 0 spiro atoms. The predicted octanol–water partition coefficient (Wildman–Crippen LogP) is 1.54. The number of hydrogen-bond donors (Lipinski definition) is 0. The minimum Gasteiger partial charge on any atom is -0.301 e. The molecular formula is C13H21FN2O2S. The number of benzene rings is 1. The van der Waals surface area contributed by atoms with Gasteiger partial charge in [0.2, 0.25) is 10.0 Å². The Morgan fingerprint density at radius 3 is 2.21 bits per heavy atom. The highest BCUT2D eigenvalue weighted by molar-refractivity contribution is 7.89. The van der Waals surface area contributed by atoms with E-state index in [1.807, 2.05) is 11.9 Å². The van der Waals surface area contributed by atoms with Crippen LogP contribution in [-0.2, 0) is 16.6 Å². The quantitative estimate of drug-likeness (QED) is 0.764. The van der Waals surface area contributed by atoms with Crippen LogP contribution in [0.3, 0.4) is 0 Å². The van der Waals surface area contributed by atoms with E-state index in [4.69, 9.17) is 0 Å². The second-order valence-corrected chi connectivity index (χ2v) is 6.95. The van der Waals surface area contributed by atoms with Crippen LogP contribution in [0.2, 0.25) is 0 Å².